The van der Waals surface area contributed by atoms with Gasteiger partial charge in [-0.1, -0.05) is 20.3 Å². The quantitative estimate of drug-likeness (QED) is 0.805. The smallest absolute Gasteiger partial charge is 0.0281 e. The van der Waals surface area contributed by atoms with Crippen LogP contribution in [0.25, 0.3) is 0 Å². The van der Waals surface area contributed by atoms with E-state index in [9.17, 15) is 0 Å². The lowest BCUT2D eigenvalue weighted by atomic mass is 9.78. The Morgan fingerprint density at radius 3 is 2.44 bits per heavy atom. The predicted octanol–water partition coefficient (Wildman–Crippen LogP) is 3.69. The molecular weight excluding hydrogens is 214 g/mol. The molecule has 2 heteroatoms. The highest BCUT2D eigenvalue weighted by Gasteiger charge is 2.36. The zero-order chi connectivity index (χ0) is 11.6. The number of nitrogens with one attached hydrogen (secondary N) is 1. The minimum absolute atomic E-state index is 0.603. The Morgan fingerprint density at radius 2 is 1.94 bits per heavy atom. The standard InChI is InChI=1S/C14H27NS/c1-11-5-6-13(9-12(11)2)15-10-14(16-3)7-4-8-14/h11-13,15H,4-10H2,1-3H3. The van der Waals surface area contributed by atoms with Crippen LogP contribution in [-0.4, -0.2) is 23.6 Å². The van der Waals surface area contributed by atoms with Crippen molar-refractivity contribution in [3.63, 3.8) is 0 Å². The molecule has 1 nitrogen and oxygen atoms in total. The van der Waals surface area contributed by atoms with Crippen molar-refractivity contribution in [2.75, 3.05) is 12.8 Å². The minimum atomic E-state index is 0.603. The maximum absolute atomic E-state index is 3.85. The summed E-state index contributed by atoms with van der Waals surface area (Å²) in [6.45, 7) is 6.09. The molecule has 0 aromatic carbocycles. The van der Waals surface area contributed by atoms with E-state index in [0.717, 1.165) is 17.9 Å². The van der Waals surface area contributed by atoms with Gasteiger partial charge in [-0.25, -0.2) is 0 Å². The third-order valence-corrected chi connectivity index (χ3v) is 6.43. The van der Waals surface area contributed by atoms with Crippen LogP contribution in [0, 0.1) is 11.8 Å². The molecule has 2 rings (SSSR count). The van der Waals surface area contributed by atoms with Crippen LogP contribution < -0.4 is 5.32 Å². The number of hydrogen-bond donors (Lipinski definition) is 1. The van der Waals surface area contributed by atoms with Crippen molar-refractivity contribution in [3.05, 3.63) is 0 Å². The van der Waals surface area contributed by atoms with E-state index in [1.165, 1.54) is 45.1 Å². The first-order valence-electron chi connectivity index (χ1n) is 6.94. The molecular formula is C14H27NS. The van der Waals surface area contributed by atoms with E-state index in [4.69, 9.17) is 0 Å². The van der Waals surface area contributed by atoms with E-state index in [2.05, 4.69) is 37.2 Å². The highest BCUT2D eigenvalue weighted by Crippen LogP contribution is 2.42. The summed E-state index contributed by atoms with van der Waals surface area (Å²) in [5.41, 5.74) is 0. The predicted molar refractivity (Wildman–Crippen MR) is 74.1 cm³/mol. The summed E-state index contributed by atoms with van der Waals surface area (Å²) >= 11 is 2.09. The second-order valence-corrected chi connectivity index (χ2v) is 7.36. The second-order valence-electron chi connectivity index (χ2n) is 6.09. The molecule has 3 atom stereocenters. The van der Waals surface area contributed by atoms with E-state index in [-0.39, 0.29) is 0 Å². The summed E-state index contributed by atoms with van der Waals surface area (Å²) < 4.78 is 0.603. The van der Waals surface area contributed by atoms with Crippen molar-refractivity contribution in [1.82, 2.24) is 5.32 Å². The van der Waals surface area contributed by atoms with Gasteiger partial charge in [0.25, 0.3) is 0 Å². The van der Waals surface area contributed by atoms with Gasteiger partial charge in [-0.3, -0.25) is 0 Å². The Bertz CT molecular complexity index is 219. The van der Waals surface area contributed by atoms with Crippen molar-refractivity contribution in [2.24, 2.45) is 11.8 Å². The Balaban J connectivity index is 1.74. The molecule has 3 unspecified atom stereocenters. The van der Waals surface area contributed by atoms with E-state index in [1.54, 1.807) is 0 Å². The summed E-state index contributed by atoms with van der Waals surface area (Å²) in [5.74, 6) is 1.86. The molecule has 94 valence electrons. The molecule has 0 aromatic heterocycles. The van der Waals surface area contributed by atoms with Gasteiger partial charge in [-0.2, -0.15) is 11.8 Å². The maximum atomic E-state index is 3.85. The molecule has 0 bridgehead atoms. The lowest BCUT2D eigenvalue weighted by Crippen LogP contribution is -2.48. The van der Waals surface area contributed by atoms with Gasteiger partial charge in [0.05, 0.1) is 0 Å². The molecule has 2 saturated carbocycles. The van der Waals surface area contributed by atoms with E-state index < -0.39 is 0 Å². The second kappa shape index (κ2) is 5.30. The fourth-order valence-corrected chi connectivity index (χ4v) is 4.01. The van der Waals surface area contributed by atoms with Crippen molar-refractivity contribution >= 4 is 11.8 Å². The number of hydrogen-bond acceptors (Lipinski definition) is 2. The summed E-state index contributed by atoms with van der Waals surface area (Å²) in [5, 5.41) is 3.85. The Kier molecular flexibility index (Phi) is 4.23. The zero-order valence-corrected chi connectivity index (χ0v) is 11.9. The average molecular weight is 241 g/mol. The minimum Gasteiger partial charge on any atom is -0.313 e. The Labute approximate surface area is 105 Å². The van der Waals surface area contributed by atoms with Crippen LogP contribution in [0.2, 0.25) is 0 Å². The highest BCUT2D eigenvalue weighted by molar-refractivity contribution is 8.00. The molecule has 0 spiro atoms. The molecule has 0 aromatic rings. The molecule has 1 N–H and O–H groups in total. The topological polar surface area (TPSA) is 12.0 Å². The first-order chi connectivity index (χ1) is 7.65. The fourth-order valence-electron chi connectivity index (χ4n) is 3.09. The van der Waals surface area contributed by atoms with Crippen molar-refractivity contribution in [3.8, 4) is 0 Å². The lowest BCUT2D eigenvalue weighted by molar-refractivity contribution is 0.215. The molecule has 0 radical (unpaired) electrons. The third-order valence-electron chi connectivity index (χ3n) is 5.01. The third kappa shape index (κ3) is 2.76. The van der Waals surface area contributed by atoms with Crippen molar-refractivity contribution in [1.29, 1.82) is 0 Å². The number of thioether (sulfide) groups is 1. The molecule has 2 aliphatic carbocycles. The summed E-state index contributed by atoms with van der Waals surface area (Å²) in [6.07, 6.45) is 10.8. The summed E-state index contributed by atoms with van der Waals surface area (Å²) in [7, 11) is 0. The van der Waals surface area contributed by atoms with Crippen LogP contribution >= 0.6 is 11.8 Å². The van der Waals surface area contributed by atoms with Crippen LogP contribution in [0.5, 0.6) is 0 Å². The summed E-state index contributed by atoms with van der Waals surface area (Å²) in [4.78, 5) is 0. The van der Waals surface area contributed by atoms with Gasteiger partial charge in [0.2, 0.25) is 0 Å². The van der Waals surface area contributed by atoms with Crippen molar-refractivity contribution in [2.45, 2.75) is 63.2 Å². The lowest BCUT2D eigenvalue weighted by Gasteiger charge is -2.42. The molecule has 2 aliphatic rings. The normalized spacial score (nSPS) is 38.1. The first-order valence-corrected chi connectivity index (χ1v) is 8.16. The van der Waals surface area contributed by atoms with Gasteiger partial charge >= 0.3 is 0 Å². The molecule has 0 saturated heterocycles. The largest absolute Gasteiger partial charge is 0.313 e. The van der Waals surface area contributed by atoms with Gasteiger partial charge in [0, 0.05) is 17.3 Å². The highest BCUT2D eigenvalue weighted by atomic mass is 32.2. The Hall–Kier alpha value is 0.310. The molecule has 2 fully saturated rings. The van der Waals surface area contributed by atoms with Gasteiger partial charge in [0.1, 0.15) is 0 Å². The van der Waals surface area contributed by atoms with E-state index in [0.29, 0.717) is 4.75 Å². The van der Waals surface area contributed by atoms with Gasteiger partial charge in [-0.05, 0) is 50.2 Å². The van der Waals surface area contributed by atoms with Crippen molar-refractivity contribution < 1.29 is 0 Å². The van der Waals surface area contributed by atoms with Gasteiger partial charge in [-0.15, -0.1) is 0 Å². The van der Waals surface area contributed by atoms with Crippen LogP contribution in [0.15, 0.2) is 0 Å². The van der Waals surface area contributed by atoms with Crippen LogP contribution in [0.1, 0.15) is 52.4 Å². The number of rotatable bonds is 4. The van der Waals surface area contributed by atoms with Crippen LogP contribution in [0.4, 0.5) is 0 Å². The zero-order valence-electron chi connectivity index (χ0n) is 11.1. The van der Waals surface area contributed by atoms with Gasteiger partial charge < -0.3 is 5.32 Å². The fraction of sp³-hybridized carbons (Fsp3) is 1.00. The SMILES string of the molecule is CSC1(CNC2CCC(C)C(C)C2)CCC1. The molecule has 0 aliphatic heterocycles. The van der Waals surface area contributed by atoms with Crippen LogP contribution in [-0.2, 0) is 0 Å². The monoisotopic (exact) mass is 241 g/mol. The Morgan fingerprint density at radius 1 is 1.19 bits per heavy atom. The van der Waals surface area contributed by atoms with Gasteiger partial charge in [0.15, 0.2) is 0 Å². The van der Waals surface area contributed by atoms with Crippen LogP contribution in [0.3, 0.4) is 0 Å². The molecule has 16 heavy (non-hydrogen) atoms. The average Bonchev–Trinajstić information content (AvgIpc) is 2.22. The summed E-state index contributed by atoms with van der Waals surface area (Å²) in [6, 6.07) is 0.802. The van der Waals surface area contributed by atoms with E-state index >= 15 is 0 Å². The first kappa shape index (κ1) is 12.8. The van der Waals surface area contributed by atoms with E-state index in [1.807, 2.05) is 0 Å². The molecule has 0 amide bonds. The molecule has 0 heterocycles. The maximum Gasteiger partial charge on any atom is 0.0281 e.